The van der Waals surface area contributed by atoms with Crippen molar-refractivity contribution < 1.29 is 0 Å². The first kappa shape index (κ1) is 20.1. The van der Waals surface area contributed by atoms with Crippen molar-refractivity contribution in [1.29, 1.82) is 0 Å². The number of likely N-dealkylation sites (N-methyl/N-ethyl adjacent to an activating group) is 1. The van der Waals surface area contributed by atoms with E-state index in [0.717, 1.165) is 70.0 Å². The zero-order valence-corrected chi connectivity index (χ0v) is 18.1. The summed E-state index contributed by atoms with van der Waals surface area (Å²) in [6.07, 6.45) is 3.96. The molecule has 2 aromatic heterocycles. The van der Waals surface area contributed by atoms with Crippen LogP contribution in [0.25, 0.3) is 0 Å². The molecule has 0 N–H and O–H groups in total. The van der Waals surface area contributed by atoms with Gasteiger partial charge in [0.15, 0.2) is 0 Å². The number of hydrogen-bond donors (Lipinski definition) is 0. The molecule has 0 bridgehead atoms. The molecule has 1 atom stereocenters. The van der Waals surface area contributed by atoms with E-state index in [9.17, 15) is 4.79 Å². The van der Waals surface area contributed by atoms with Gasteiger partial charge in [-0.25, -0.2) is 4.68 Å². The maximum Gasteiger partial charge on any atom is 0.269 e. The van der Waals surface area contributed by atoms with Crippen LogP contribution in [-0.4, -0.2) is 75.7 Å². The molecule has 8 heteroatoms. The van der Waals surface area contributed by atoms with E-state index in [4.69, 9.17) is 0 Å². The molecule has 4 heterocycles. The number of piperazine rings is 1. The van der Waals surface area contributed by atoms with Crippen molar-refractivity contribution in [3.05, 3.63) is 39.6 Å². The molecule has 0 radical (unpaired) electrons. The Balaban J connectivity index is 1.46. The quantitative estimate of drug-likeness (QED) is 0.770. The molecular weight excluding hydrogens is 366 g/mol. The first-order valence-electron chi connectivity index (χ1n) is 10.7. The number of anilines is 1. The van der Waals surface area contributed by atoms with Crippen LogP contribution in [0.4, 0.5) is 5.69 Å². The number of likely N-dealkylation sites (tertiary alicyclic amines) is 1. The summed E-state index contributed by atoms with van der Waals surface area (Å²) in [4.78, 5) is 19.9. The number of aryl methyl sites for hydroxylation is 2. The standard InChI is InChI=1S/C21H33N7O/c1-16-20(17(2)25(4)23-16)15-26-7-5-6-18(14-26)28-21(29)12-19(13-22-28)27-10-8-24(3)9-11-27/h12-13,18H,5-11,14-15H2,1-4H3. The fourth-order valence-electron chi connectivity index (χ4n) is 4.56. The average Bonchev–Trinajstić information content (AvgIpc) is 2.95. The van der Waals surface area contributed by atoms with Crippen molar-refractivity contribution in [2.45, 2.75) is 39.3 Å². The molecule has 4 rings (SSSR count). The highest BCUT2D eigenvalue weighted by Gasteiger charge is 2.25. The number of hydrogen-bond acceptors (Lipinski definition) is 6. The van der Waals surface area contributed by atoms with Crippen molar-refractivity contribution in [2.24, 2.45) is 7.05 Å². The van der Waals surface area contributed by atoms with Crippen molar-refractivity contribution in [1.82, 2.24) is 29.4 Å². The topological polar surface area (TPSA) is 62.4 Å². The second-order valence-corrected chi connectivity index (χ2v) is 8.59. The molecular formula is C21H33N7O. The van der Waals surface area contributed by atoms with Crippen LogP contribution in [-0.2, 0) is 13.6 Å². The average molecular weight is 400 g/mol. The van der Waals surface area contributed by atoms with Crippen LogP contribution in [0.5, 0.6) is 0 Å². The van der Waals surface area contributed by atoms with E-state index in [1.165, 1.54) is 11.3 Å². The minimum Gasteiger partial charge on any atom is -0.368 e. The molecule has 8 nitrogen and oxygen atoms in total. The minimum absolute atomic E-state index is 0.0158. The molecule has 0 aliphatic carbocycles. The number of piperidine rings is 1. The summed E-state index contributed by atoms with van der Waals surface area (Å²) in [6.45, 7) is 10.9. The Hall–Kier alpha value is -2.19. The summed E-state index contributed by atoms with van der Waals surface area (Å²) >= 11 is 0. The molecule has 2 aromatic rings. The molecule has 2 saturated heterocycles. The fourth-order valence-corrected chi connectivity index (χ4v) is 4.56. The van der Waals surface area contributed by atoms with Gasteiger partial charge < -0.3 is 9.80 Å². The Morgan fingerprint density at radius 2 is 1.86 bits per heavy atom. The van der Waals surface area contributed by atoms with Gasteiger partial charge in [0.25, 0.3) is 5.56 Å². The lowest BCUT2D eigenvalue weighted by Gasteiger charge is -2.35. The van der Waals surface area contributed by atoms with Crippen molar-refractivity contribution >= 4 is 5.69 Å². The normalized spacial score (nSPS) is 21.7. The lowest BCUT2D eigenvalue weighted by atomic mass is 10.0. The van der Waals surface area contributed by atoms with Gasteiger partial charge in [-0.3, -0.25) is 14.4 Å². The van der Waals surface area contributed by atoms with Gasteiger partial charge in [-0.05, 0) is 40.3 Å². The fraction of sp³-hybridized carbons (Fsp3) is 0.667. The summed E-state index contributed by atoms with van der Waals surface area (Å²) in [5, 5.41) is 9.12. The van der Waals surface area contributed by atoms with Gasteiger partial charge in [0.1, 0.15) is 0 Å². The predicted molar refractivity (Wildman–Crippen MR) is 114 cm³/mol. The summed E-state index contributed by atoms with van der Waals surface area (Å²) in [5.41, 5.74) is 4.59. The van der Waals surface area contributed by atoms with Gasteiger partial charge in [-0.1, -0.05) is 0 Å². The van der Waals surface area contributed by atoms with E-state index in [1.54, 1.807) is 10.7 Å². The van der Waals surface area contributed by atoms with Crippen molar-refractivity contribution in [3.8, 4) is 0 Å². The van der Waals surface area contributed by atoms with E-state index >= 15 is 0 Å². The Kier molecular flexibility index (Phi) is 5.74. The SMILES string of the molecule is Cc1nn(C)c(C)c1CN1CCCC(n2ncc(N3CCN(C)CC3)cc2=O)C1. The Bertz CT molecular complexity index is 910. The van der Waals surface area contributed by atoms with Crippen molar-refractivity contribution in [2.75, 3.05) is 51.2 Å². The molecule has 29 heavy (non-hydrogen) atoms. The summed E-state index contributed by atoms with van der Waals surface area (Å²) in [6, 6.07) is 1.90. The van der Waals surface area contributed by atoms with Crippen LogP contribution >= 0.6 is 0 Å². The third kappa shape index (κ3) is 4.23. The molecule has 0 saturated carbocycles. The molecule has 2 aliphatic rings. The number of rotatable bonds is 4. The molecule has 2 aliphatic heterocycles. The minimum atomic E-state index is 0.0158. The van der Waals surface area contributed by atoms with Crippen LogP contribution < -0.4 is 10.5 Å². The molecule has 0 amide bonds. The van der Waals surface area contributed by atoms with E-state index in [0.29, 0.717) is 0 Å². The highest BCUT2D eigenvalue weighted by Crippen LogP contribution is 2.23. The van der Waals surface area contributed by atoms with E-state index in [-0.39, 0.29) is 11.6 Å². The van der Waals surface area contributed by atoms with Crippen LogP contribution in [0.2, 0.25) is 0 Å². The molecule has 0 spiro atoms. The van der Waals surface area contributed by atoms with Gasteiger partial charge in [0.05, 0.1) is 23.6 Å². The van der Waals surface area contributed by atoms with Gasteiger partial charge in [-0.2, -0.15) is 10.2 Å². The van der Waals surface area contributed by atoms with Gasteiger partial charge in [-0.15, -0.1) is 0 Å². The molecule has 2 fully saturated rings. The zero-order chi connectivity index (χ0) is 20.5. The highest BCUT2D eigenvalue weighted by molar-refractivity contribution is 5.43. The number of nitrogens with zero attached hydrogens (tertiary/aromatic N) is 7. The second kappa shape index (κ2) is 8.28. The van der Waals surface area contributed by atoms with E-state index in [1.807, 2.05) is 17.9 Å². The summed E-state index contributed by atoms with van der Waals surface area (Å²) in [7, 11) is 4.13. The van der Waals surface area contributed by atoms with Crippen molar-refractivity contribution in [3.63, 3.8) is 0 Å². The molecule has 158 valence electrons. The lowest BCUT2D eigenvalue weighted by Crippen LogP contribution is -2.45. The van der Waals surface area contributed by atoms with E-state index < -0.39 is 0 Å². The third-order valence-corrected chi connectivity index (χ3v) is 6.55. The largest absolute Gasteiger partial charge is 0.368 e. The smallest absolute Gasteiger partial charge is 0.269 e. The zero-order valence-electron chi connectivity index (χ0n) is 18.1. The van der Waals surface area contributed by atoms with Crippen LogP contribution in [0.1, 0.15) is 35.8 Å². The second-order valence-electron chi connectivity index (χ2n) is 8.59. The van der Waals surface area contributed by atoms with Crippen LogP contribution in [0.15, 0.2) is 17.1 Å². The lowest BCUT2D eigenvalue weighted by molar-refractivity contribution is 0.159. The maximum atomic E-state index is 12.9. The highest BCUT2D eigenvalue weighted by atomic mass is 16.1. The molecule has 0 aromatic carbocycles. The van der Waals surface area contributed by atoms with Gasteiger partial charge in [0.2, 0.25) is 0 Å². The summed E-state index contributed by atoms with van der Waals surface area (Å²) in [5.74, 6) is 0. The third-order valence-electron chi connectivity index (χ3n) is 6.55. The monoisotopic (exact) mass is 399 g/mol. The Morgan fingerprint density at radius 3 is 2.52 bits per heavy atom. The van der Waals surface area contributed by atoms with Gasteiger partial charge >= 0.3 is 0 Å². The maximum absolute atomic E-state index is 12.9. The Labute approximate surface area is 172 Å². The predicted octanol–water partition coefficient (Wildman–Crippen LogP) is 1.18. The summed E-state index contributed by atoms with van der Waals surface area (Å²) < 4.78 is 3.66. The Morgan fingerprint density at radius 1 is 1.10 bits per heavy atom. The van der Waals surface area contributed by atoms with E-state index in [2.05, 4.69) is 45.8 Å². The van der Waals surface area contributed by atoms with Crippen LogP contribution in [0.3, 0.4) is 0 Å². The van der Waals surface area contributed by atoms with Crippen LogP contribution in [0, 0.1) is 13.8 Å². The molecule has 1 unspecified atom stereocenters. The first-order chi connectivity index (χ1) is 13.9. The number of aromatic nitrogens is 4. The first-order valence-corrected chi connectivity index (χ1v) is 10.7. The van der Waals surface area contributed by atoms with Gasteiger partial charge in [0, 0.05) is 63.6 Å².